The molecular formula is C29H29N5O3. The van der Waals surface area contributed by atoms with E-state index in [2.05, 4.69) is 27.4 Å². The van der Waals surface area contributed by atoms with Gasteiger partial charge < -0.3 is 9.15 Å². The van der Waals surface area contributed by atoms with E-state index in [0.717, 1.165) is 29.9 Å². The first-order valence-corrected chi connectivity index (χ1v) is 12.8. The molecule has 0 bridgehead atoms. The average molecular weight is 496 g/mol. The Labute approximate surface area is 215 Å². The minimum absolute atomic E-state index is 0.259. The average Bonchev–Trinajstić information content (AvgIpc) is 3.61. The number of hydrogen-bond acceptors (Lipinski definition) is 7. The molecule has 188 valence electrons. The molecule has 5 aromatic rings. The summed E-state index contributed by atoms with van der Waals surface area (Å²) in [5.41, 5.74) is 3.35. The number of aromatic nitrogens is 5. The monoisotopic (exact) mass is 495 g/mol. The maximum Gasteiger partial charge on any atom is 0.280 e. The Morgan fingerprint density at radius 3 is 2.16 bits per heavy atom. The molecule has 8 heteroatoms. The molecule has 0 radical (unpaired) electrons. The van der Waals surface area contributed by atoms with Crippen molar-refractivity contribution in [1.29, 1.82) is 0 Å². The molecule has 3 aromatic carbocycles. The minimum Gasteiger partial charge on any atom is -0.494 e. The van der Waals surface area contributed by atoms with E-state index in [1.807, 2.05) is 48.5 Å². The Morgan fingerprint density at radius 1 is 0.784 bits per heavy atom. The molecule has 0 saturated heterocycles. The lowest BCUT2D eigenvalue weighted by molar-refractivity contribution is 0.0948. The maximum atomic E-state index is 12.9. The van der Waals surface area contributed by atoms with E-state index in [9.17, 15) is 4.79 Å². The van der Waals surface area contributed by atoms with Gasteiger partial charge in [0.05, 0.1) is 12.1 Å². The summed E-state index contributed by atoms with van der Waals surface area (Å²) in [5, 5.41) is 16.4. The van der Waals surface area contributed by atoms with Crippen molar-refractivity contribution in [3.63, 3.8) is 0 Å². The van der Waals surface area contributed by atoms with Crippen LogP contribution in [0.25, 0.3) is 33.9 Å². The van der Waals surface area contributed by atoms with Gasteiger partial charge in [-0.05, 0) is 67.1 Å². The normalized spacial score (nSPS) is 11.2. The van der Waals surface area contributed by atoms with Crippen LogP contribution < -0.4 is 4.74 Å². The van der Waals surface area contributed by atoms with Gasteiger partial charge in [-0.2, -0.15) is 4.68 Å². The number of unbranched alkanes of at least 4 members (excludes halogenated alkanes) is 5. The van der Waals surface area contributed by atoms with E-state index in [1.54, 1.807) is 24.3 Å². The van der Waals surface area contributed by atoms with Gasteiger partial charge in [0.2, 0.25) is 11.8 Å². The number of benzene rings is 3. The van der Waals surface area contributed by atoms with Crippen LogP contribution in [0.1, 0.15) is 55.8 Å². The molecule has 0 aliphatic rings. The van der Waals surface area contributed by atoms with Gasteiger partial charge in [-0.25, -0.2) is 0 Å². The smallest absolute Gasteiger partial charge is 0.280 e. The van der Waals surface area contributed by atoms with Gasteiger partial charge in [0.15, 0.2) is 0 Å². The second-order valence-corrected chi connectivity index (χ2v) is 8.93. The van der Waals surface area contributed by atoms with Crippen LogP contribution in [0, 0.1) is 0 Å². The Bertz CT molecular complexity index is 1460. The highest BCUT2D eigenvalue weighted by Crippen LogP contribution is 2.26. The standard InChI is InChI=1S/C29H29N5O3/c1-2-3-4-5-6-9-20-36-24-18-16-22(17-19-24)28-32-31-27(37-28)21-12-14-23(15-13-21)29(35)34-26-11-8-7-10-25(26)30-33-34/h7-8,10-19H,2-6,9,20H2,1H3. The number of ether oxygens (including phenoxy) is 1. The summed E-state index contributed by atoms with van der Waals surface area (Å²) in [6, 6.07) is 22.0. The predicted molar refractivity (Wildman–Crippen MR) is 141 cm³/mol. The van der Waals surface area contributed by atoms with Gasteiger partial charge in [-0.15, -0.1) is 15.3 Å². The first-order valence-electron chi connectivity index (χ1n) is 12.8. The number of nitrogens with zero attached hydrogens (tertiary/aromatic N) is 5. The van der Waals surface area contributed by atoms with Crippen molar-refractivity contribution in [3.8, 4) is 28.7 Å². The van der Waals surface area contributed by atoms with E-state index < -0.39 is 0 Å². The lowest BCUT2D eigenvalue weighted by Gasteiger charge is -2.06. The Hall–Kier alpha value is -4.33. The van der Waals surface area contributed by atoms with Gasteiger partial charge in [0.1, 0.15) is 11.3 Å². The molecule has 0 amide bonds. The summed E-state index contributed by atoms with van der Waals surface area (Å²) in [6.45, 7) is 2.95. The molecule has 0 spiro atoms. The molecule has 0 aliphatic carbocycles. The van der Waals surface area contributed by atoms with Crippen LogP contribution in [0.2, 0.25) is 0 Å². The zero-order chi connectivity index (χ0) is 25.5. The summed E-state index contributed by atoms with van der Waals surface area (Å²) < 4.78 is 13.1. The molecule has 2 heterocycles. The van der Waals surface area contributed by atoms with Crippen molar-refractivity contribution in [2.45, 2.75) is 45.4 Å². The highest BCUT2D eigenvalue weighted by atomic mass is 16.5. The van der Waals surface area contributed by atoms with E-state index in [0.29, 0.717) is 28.4 Å². The minimum atomic E-state index is -0.259. The van der Waals surface area contributed by atoms with Crippen LogP contribution in [0.4, 0.5) is 0 Å². The van der Waals surface area contributed by atoms with Gasteiger partial charge in [-0.1, -0.05) is 56.4 Å². The Morgan fingerprint density at radius 2 is 1.43 bits per heavy atom. The molecule has 0 aliphatic heterocycles. The van der Waals surface area contributed by atoms with Crippen molar-refractivity contribution < 1.29 is 13.9 Å². The highest BCUT2D eigenvalue weighted by Gasteiger charge is 2.16. The van der Waals surface area contributed by atoms with Gasteiger partial charge in [0, 0.05) is 16.7 Å². The third-order valence-electron chi connectivity index (χ3n) is 6.22. The van der Waals surface area contributed by atoms with Crippen molar-refractivity contribution in [2.24, 2.45) is 0 Å². The first-order chi connectivity index (χ1) is 18.2. The van der Waals surface area contributed by atoms with Gasteiger partial charge >= 0.3 is 0 Å². The Balaban J connectivity index is 1.19. The number of para-hydroxylation sites is 1. The van der Waals surface area contributed by atoms with Crippen LogP contribution in [0.5, 0.6) is 5.75 Å². The largest absolute Gasteiger partial charge is 0.494 e. The summed E-state index contributed by atoms with van der Waals surface area (Å²) in [6.07, 6.45) is 7.42. The number of fused-ring (bicyclic) bond motifs is 1. The number of carbonyl (C=O) groups is 1. The zero-order valence-corrected chi connectivity index (χ0v) is 20.8. The number of carbonyl (C=O) groups excluding carboxylic acids is 1. The summed E-state index contributed by atoms with van der Waals surface area (Å²) in [4.78, 5) is 12.9. The highest BCUT2D eigenvalue weighted by molar-refractivity contribution is 6.00. The van der Waals surface area contributed by atoms with Gasteiger partial charge in [0.25, 0.3) is 5.91 Å². The summed E-state index contributed by atoms with van der Waals surface area (Å²) >= 11 is 0. The summed E-state index contributed by atoms with van der Waals surface area (Å²) in [7, 11) is 0. The third-order valence-corrected chi connectivity index (χ3v) is 6.22. The van der Waals surface area contributed by atoms with Crippen LogP contribution in [0.3, 0.4) is 0 Å². The fourth-order valence-electron chi connectivity index (χ4n) is 4.12. The second-order valence-electron chi connectivity index (χ2n) is 8.93. The fourth-order valence-corrected chi connectivity index (χ4v) is 4.12. The topological polar surface area (TPSA) is 95.9 Å². The van der Waals surface area contributed by atoms with E-state index in [4.69, 9.17) is 9.15 Å². The lowest BCUT2D eigenvalue weighted by Crippen LogP contribution is -2.13. The van der Waals surface area contributed by atoms with Crippen molar-refractivity contribution >= 4 is 16.9 Å². The van der Waals surface area contributed by atoms with Crippen molar-refractivity contribution in [3.05, 3.63) is 78.4 Å². The molecule has 0 saturated carbocycles. The fraction of sp³-hybridized carbons (Fsp3) is 0.276. The SMILES string of the molecule is CCCCCCCCOc1ccc(-c2nnc(-c3ccc(C(=O)n4nnc5ccccc54)cc3)o2)cc1. The second kappa shape index (κ2) is 11.6. The predicted octanol–water partition coefficient (Wildman–Crippen LogP) is 6.58. The zero-order valence-electron chi connectivity index (χ0n) is 20.8. The molecule has 5 rings (SSSR count). The van der Waals surface area contributed by atoms with Crippen LogP contribution >= 0.6 is 0 Å². The molecule has 37 heavy (non-hydrogen) atoms. The van der Waals surface area contributed by atoms with E-state index >= 15 is 0 Å². The molecule has 2 aromatic heterocycles. The van der Waals surface area contributed by atoms with Crippen molar-refractivity contribution in [2.75, 3.05) is 6.61 Å². The van der Waals surface area contributed by atoms with Crippen LogP contribution in [-0.4, -0.2) is 37.7 Å². The third kappa shape index (κ3) is 5.74. The molecular weight excluding hydrogens is 466 g/mol. The molecule has 0 fully saturated rings. The lowest BCUT2D eigenvalue weighted by atomic mass is 10.1. The molecule has 0 unspecified atom stereocenters. The molecule has 0 atom stereocenters. The summed E-state index contributed by atoms with van der Waals surface area (Å²) in [5.74, 6) is 1.37. The number of hydrogen-bond donors (Lipinski definition) is 0. The van der Waals surface area contributed by atoms with Crippen LogP contribution in [0.15, 0.2) is 77.2 Å². The number of rotatable bonds is 11. The Kier molecular flexibility index (Phi) is 7.64. The maximum absolute atomic E-state index is 12.9. The molecule has 0 N–H and O–H groups in total. The quantitative estimate of drug-likeness (QED) is 0.191. The van der Waals surface area contributed by atoms with Crippen LogP contribution in [-0.2, 0) is 0 Å². The van der Waals surface area contributed by atoms with Crippen molar-refractivity contribution in [1.82, 2.24) is 25.2 Å². The van der Waals surface area contributed by atoms with E-state index in [1.165, 1.54) is 36.8 Å². The first kappa shape index (κ1) is 24.4. The molecule has 8 nitrogen and oxygen atoms in total. The van der Waals surface area contributed by atoms with Gasteiger partial charge in [-0.3, -0.25) is 4.79 Å². The van der Waals surface area contributed by atoms with E-state index in [-0.39, 0.29) is 5.91 Å².